The molecule has 12 nitrogen and oxygen atoms in total. The molecule has 0 unspecified atom stereocenters. The predicted molar refractivity (Wildman–Crippen MR) is 161 cm³/mol. The second-order valence-electron chi connectivity index (χ2n) is 9.26. The molecule has 0 amide bonds. The minimum atomic E-state index is -4.62. The first-order chi connectivity index (χ1) is 21.0. The zero-order chi connectivity index (χ0) is 33.2. The van der Waals surface area contributed by atoms with Crippen molar-refractivity contribution in [1.82, 2.24) is 0 Å². The van der Waals surface area contributed by atoms with E-state index in [1.165, 1.54) is 18.2 Å². The third-order valence-electron chi connectivity index (χ3n) is 6.40. The Bertz CT molecular complexity index is 2130. The number of hydrogen-bond acceptors (Lipinski definition) is 12. The van der Waals surface area contributed by atoms with Gasteiger partial charge in [-0.3, -0.25) is 0 Å². The van der Waals surface area contributed by atoms with Gasteiger partial charge in [0.05, 0.1) is 14.7 Å². The quantitative estimate of drug-likeness (QED) is 0.171. The number of aromatic hydroxyl groups is 3. The molecule has 16 heteroatoms. The summed E-state index contributed by atoms with van der Waals surface area (Å²) in [4.78, 5) is -1.75. The molecule has 0 bridgehead atoms. The van der Waals surface area contributed by atoms with Crippen LogP contribution in [0.5, 0.6) is 17.2 Å². The van der Waals surface area contributed by atoms with Gasteiger partial charge in [0.25, 0.3) is 0 Å². The van der Waals surface area contributed by atoms with Gasteiger partial charge >= 0.3 is 17.1 Å². The summed E-state index contributed by atoms with van der Waals surface area (Å²) in [6, 6.07) is 27.9. The maximum absolute atomic E-state index is 10.8. The Hall–Kier alpha value is -4.25. The van der Waals surface area contributed by atoms with Gasteiger partial charge in [-0.05, 0) is 34.4 Å². The maximum Gasteiger partial charge on any atom is 3.00 e. The molecule has 6 aromatic rings. The van der Waals surface area contributed by atoms with Gasteiger partial charge in [0.15, 0.2) is 0 Å². The van der Waals surface area contributed by atoms with Crippen LogP contribution < -0.4 is 0 Å². The molecular formula is C30H21FeO12S3. The molecule has 1 radical (unpaired) electrons. The van der Waals surface area contributed by atoms with Crippen molar-refractivity contribution < 1.29 is 71.3 Å². The molecule has 0 atom stereocenters. The monoisotopic (exact) mass is 725 g/mol. The van der Waals surface area contributed by atoms with E-state index in [9.17, 15) is 54.2 Å². The molecule has 0 heterocycles. The van der Waals surface area contributed by atoms with E-state index in [1.807, 2.05) is 0 Å². The van der Waals surface area contributed by atoms with Crippen LogP contribution in [0, 0.1) is 0 Å². The average Bonchev–Trinajstić information content (AvgIpc) is 2.97. The first-order valence-electron chi connectivity index (χ1n) is 12.5. The maximum atomic E-state index is 10.8. The van der Waals surface area contributed by atoms with E-state index in [1.54, 1.807) is 72.8 Å². The van der Waals surface area contributed by atoms with Crippen molar-refractivity contribution in [2.45, 2.75) is 14.7 Å². The van der Waals surface area contributed by atoms with E-state index in [0.717, 1.165) is 18.2 Å². The van der Waals surface area contributed by atoms with Crippen LogP contribution in [0.2, 0.25) is 0 Å². The number of benzene rings is 6. The molecule has 0 aliphatic heterocycles. The average molecular weight is 726 g/mol. The van der Waals surface area contributed by atoms with E-state index >= 15 is 0 Å². The summed E-state index contributed by atoms with van der Waals surface area (Å²) in [5, 5.41) is 31.9. The van der Waals surface area contributed by atoms with Crippen LogP contribution in [-0.4, -0.2) is 54.2 Å². The van der Waals surface area contributed by atoms with Gasteiger partial charge in [-0.25, -0.2) is 25.3 Å². The molecule has 6 aromatic carbocycles. The summed E-state index contributed by atoms with van der Waals surface area (Å²) in [6.45, 7) is 0. The second kappa shape index (κ2) is 14.0. The molecule has 0 aliphatic carbocycles. The predicted octanol–water partition coefficient (Wildman–Crippen LogP) is 4.35. The van der Waals surface area contributed by atoms with Crippen molar-refractivity contribution in [2.24, 2.45) is 0 Å². The van der Waals surface area contributed by atoms with Gasteiger partial charge in [0.1, 0.15) is 47.6 Å². The summed E-state index contributed by atoms with van der Waals surface area (Å²) < 4.78 is 97.0. The SMILES string of the molecule is O=S(=O)([O-])c1ccc2ccccc2c1O.O=S(=O)([O-])c1ccc2ccccc2c1O.O=S(=O)([O-])c1ccc2ccccc2c1O.[Fe+3]. The number of fused-ring (bicyclic) bond motifs is 3. The van der Waals surface area contributed by atoms with Crippen molar-refractivity contribution in [3.8, 4) is 17.2 Å². The Morgan fingerprint density at radius 3 is 0.804 bits per heavy atom. The van der Waals surface area contributed by atoms with Gasteiger partial charge in [-0.15, -0.1) is 0 Å². The minimum Gasteiger partial charge on any atom is -0.744 e. The van der Waals surface area contributed by atoms with Crippen molar-refractivity contribution >= 4 is 62.7 Å². The van der Waals surface area contributed by atoms with E-state index < -0.39 is 62.3 Å². The summed E-state index contributed by atoms with van der Waals surface area (Å²) in [6.07, 6.45) is 0. The third-order valence-corrected chi connectivity index (χ3v) is 9.00. The number of rotatable bonds is 3. The summed E-state index contributed by atoms with van der Waals surface area (Å²) in [5.74, 6) is -1.45. The van der Waals surface area contributed by atoms with Crippen LogP contribution in [0.3, 0.4) is 0 Å². The normalized spacial score (nSPS) is 11.5. The van der Waals surface area contributed by atoms with Crippen LogP contribution in [0.1, 0.15) is 0 Å². The van der Waals surface area contributed by atoms with Gasteiger partial charge in [0, 0.05) is 16.2 Å². The molecule has 6 rings (SSSR count). The molecule has 3 N–H and O–H groups in total. The number of phenols is 3. The van der Waals surface area contributed by atoms with Crippen molar-refractivity contribution in [3.63, 3.8) is 0 Å². The molecular weight excluding hydrogens is 704 g/mol. The van der Waals surface area contributed by atoms with E-state index in [2.05, 4.69) is 0 Å². The first kappa shape index (κ1) is 36.2. The zero-order valence-electron chi connectivity index (χ0n) is 23.0. The fourth-order valence-electron chi connectivity index (χ4n) is 4.31. The molecule has 0 aromatic heterocycles. The molecule has 0 saturated heterocycles. The Morgan fingerprint density at radius 1 is 0.370 bits per heavy atom. The van der Waals surface area contributed by atoms with Gasteiger partial charge in [0.2, 0.25) is 0 Å². The summed E-state index contributed by atoms with van der Waals surface area (Å²) in [5.41, 5.74) is 0. The van der Waals surface area contributed by atoms with Crippen LogP contribution in [0.25, 0.3) is 32.3 Å². The van der Waals surface area contributed by atoms with Crippen LogP contribution in [0.4, 0.5) is 0 Å². The second-order valence-corrected chi connectivity index (χ2v) is 13.3. The van der Waals surface area contributed by atoms with Crippen molar-refractivity contribution in [1.29, 1.82) is 0 Å². The standard InChI is InChI=1S/3C10H8O4S.Fe/c3*11-10-8-4-2-1-3-7(8)5-6-9(10)15(12,13)14;/h3*1-6,11H,(H,12,13,14);/q;;;+3/p-3. The molecule has 0 spiro atoms. The minimum absolute atomic E-state index is 0. The van der Waals surface area contributed by atoms with Gasteiger partial charge in [-0.1, -0.05) is 91.0 Å². The molecule has 0 fully saturated rings. The number of phenolic OH excluding ortho intramolecular Hbond substituents is 3. The van der Waals surface area contributed by atoms with Crippen LogP contribution in [0.15, 0.2) is 124 Å². The van der Waals surface area contributed by atoms with Gasteiger partial charge in [-0.2, -0.15) is 0 Å². The summed E-state index contributed by atoms with van der Waals surface area (Å²) in [7, 11) is -13.9. The number of hydrogen-bond donors (Lipinski definition) is 3. The fraction of sp³-hybridized carbons (Fsp3) is 0. The molecule has 239 valence electrons. The van der Waals surface area contributed by atoms with E-state index in [0.29, 0.717) is 32.3 Å². The third kappa shape index (κ3) is 8.12. The van der Waals surface area contributed by atoms with Crippen LogP contribution in [-0.2, 0) is 47.4 Å². The molecule has 46 heavy (non-hydrogen) atoms. The Labute approximate surface area is 273 Å². The Morgan fingerprint density at radius 2 is 0.587 bits per heavy atom. The van der Waals surface area contributed by atoms with Crippen molar-refractivity contribution in [2.75, 3.05) is 0 Å². The van der Waals surface area contributed by atoms with Crippen LogP contribution >= 0.6 is 0 Å². The Balaban J connectivity index is 0.000000186. The van der Waals surface area contributed by atoms with E-state index in [4.69, 9.17) is 0 Å². The van der Waals surface area contributed by atoms with Gasteiger partial charge < -0.3 is 29.0 Å². The Kier molecular flexibility index (Phi) is 11.0. The zero-order valence-corrected chi connectivity index (χ0v) is 26.5. The molecule has 0 saturated carbocycles. The first-order valence-corrected chi connectivity index (χ1v) is 16.7. The smallest absolute Gasteiger partial charge is 0.744 e. The topological polar surface area (TPSA) is 232 Å². The summed E-state index contributed by atoms with van der Waals surface area (Å²) >= 11 is 0. The fourth-order valence-corrected chi connectivity index (χ4v) is 6.05. The molecule has 0 aliphatic rings. The van der Waals surface area contributed by atoms with E-state index in [-0.39, 0.29) is 17.1 Å². The van der Waals surface area contributed by atoms with Crippen molar-refractivity contribution in [3.05, 3.63) is 109 Å². The largest absolute Gasteiger partial charge is 3.00 e.